The number of amides is 1. The number of likely N-dealkylation sites (N-methyl/N-ethyl adjacent to an activating group) is 1. The van der Waals surface area contributed by atoms with Crippen LogP contribution < -0.4 is 10.6 Å². The second-order valence-corrected chi connectivity index (χ2v) is 5.25. The van der Waals surface area contributed by atoms with Gasteiger partial charge in [0.15, 0.2) is 0 Å². The van der Waals surface area contributed by atoms with Crippen molar-refractivity contribution in [3.63, 3.8) is 0 Å². The summed E-state index contributed by atoms with van der Waals surface area (Å²) in [6.07, 6.45) is 2.08. The summed E-state index contributed by atoms with van der Waals surface area (Å²) >= 11 is 0. The molecule has 1 amide bonds. The molecule has 4 heteroatoms. The predicted octanol–water partition coefficient (Wildman–Crippen LogP) is 1.63. The highest BCUT2D eigenvalue weighted by molar-refractivity contribution is 5.82. The van der Waals surface area contributed by atoms with Gasteiger partial charge in [0, 0.05) is 31.4 Å². The topological polar surface area (TPSA) is 49.6 Å². The predicted molar refractivity (Wildman–Crippen MR) is 82.9 cm³/mol. The summed E-state index contributed by atoms with van der Waals surface area (Å²) in [6.45, 7) is 6.59. The first-order valence-electron chi connectivity index (χ1n) is 7.53. The van der Waals surface area contributed by atoms with Crippen molar-refractivity contribution in [1.29, 1.82) is 0 Å². The lowest BCUT2D eigenvalue weighted by Gasteiger charge is -2.38. The van der Waals surface area contributed by atoms with Gasteiger partial charge in [-0.25, -0.2) is 0 Å². The Hall–Kier alpha value is -1.55. The Labute approximate surface area is 121 Å². The summed E-state index contributed by atoms with van der Waals surface area (Å²) in [6, 6.07) is 8.62. The molecule has 1 heterocycles. The molecule has 1 aromatic rings. The standard InChI is InChI=1S/C16H25N3O/c1-3-18(4-2)16(20)12-19-14(11-17)10-9-13-7-5-6-8-15(13)19/h5-8,14H,3-4,9-12,17H2,1-2H3. The number of fused-ring (bicyclic) bond motifs is 1. The van der Waals surface area contributed by atoms with Gasteiger partial charge in [-0.15, -0.1) is 0 Å². The average Bonchev–Trinajstić information content (AvgIpc) is 2.49. The van der Waals surface area contributed by atoms with Crippen LogP contribution in [0.15, 0.2) is 24.3 Å². The number of carbonyl (C=O) groups is 1. The van der Waals surface area contributed by atoms with Gasteiger partial charge >= 0.3 is 0 Å². The molecular formula is C16H25N3O. The molecule has 0 radical (unpaired) electrons. The third kappa shape index (κ3) is 2.96. The Kier molecular flexibility index (Phi) is 5.01. The first-order chi connectivity index (χ1) is 9.71. The van der Waals surface area contributed by atoms with Gasteiger partial charge in [0.2, 0.25) is 5.91 Å². The van der Waals surface area contributed by atoms with E-state index in [1.54, 1.807) is 0 Å². The van der Waals surface area contributed by atoms with Gasteiger partial charge in [0.05, 0.1) is 6.54 Å². The number of anilines is 1. The van der Waals surface area contributed by atoms with Crippen molar-refractivity contribution in [3.05, 3.63) is 29.8 Å². The fourth-order valence-electron chi connectivity index (χ4n) is 2.96. The summed E-state index contributed by atoms with van der Waals surface area (Å²) in [5.41, 5.74) is 8.40. The van der Waals surface area contributed by atoms with E-state index in [1.807, 2.05) is 24.8 Å². The van der Waals surface area contributed by atoms with E-state index in [0.717, 1.165) is 25.9 Å². The molecule has 1 aliphatic heterocycles. The van der Waals surface area contributed by atoms with E-state index in [4.69, 9.17) is 5.73 Å². The lowest BCUT2D eigenvalue weighted by Crippen LogP contribution is -2.49. The van der Waals surface area contributed by atoms with Crippen molar-refractivity contribution in [3.8, 4) is 0 Å². The Morgan fingerprint density at radius 3 is 2.70 bits per heavy atom. The van der Waals surface area contributed by atoms with E-state index in [2.05, 4.69) is 23.1 Å². The minimum Gasteiger partial charge on any atom is -0.358 e. The molecule has 1 unspecified atom stereocenters. The van der Waals surface area contributed by atoms with Crippen LogP contribution in [0.1, 0.15) is 25.8 Å². The van der Waals surface area contributed by atoms with Crippen molar-refractivity contribution in [2.24, 2.45) is 5.73 Å². The molecule has 0 fully saturated rings. The van der Waals surface area contributed by atoms with Crippen LogP contribution in [0.4, 0.5) is 5.69 Å². The fourth-order valence-corrected chi connectivity index (χ4v) is 2.96. The second kappa shape index (κ2) is 6.75. The molecule has 0 aromatic heterocycles. The molecule has 1 aliphatic rings. The maximum atomic E-state index is 12.4. The maximum absolute atomic E-state index is 12.4. The molecule has 1 atom stereocenters. The van der Waals surface area contributed by atoms with Crippen LogP contribution in [-0.2, 0) is 11.2 Å². The highest BCUT2D eigenvalue weighted by Crippen LogP contribution is 2.30. The van der Waals surface area contributed by atoms with Crippen LogP contribution in [-0.4, -0.2) is 43.0 Å². The molecule has 1 aromatic carbocycles. The van der Waals surface area contributed by atoms with Crippen molar-refractivity contribution in [2.75, 3.05) is 31.1 Å². The van der Waals surface area contributed by atoms with Crippen LogP contribution in [0.25, 0.3) is 0 Å². The van der Waals surface area contributed by atoms with Crippen molar-refractivity contribution < 1.29 is 4.79 Å². The number of nitrogens with two attached hydrogens (primary N) is 1. The largest absolute Gasteiger partial charge is 0.358 e. The third-order valence-electron chi connectivity index (χ3n) is 4.18. The SMILES string of the molecule is CCN(CC)C(=O)CN1c2ccccc2CCC1CN. The Morgan fingerprint density at radius 1 is 1.35 bits per heavy atom. The summed E-state index contributed by atoms with van der Waals surface area (Å²) in [4.78, 5) is 16.5. The normalized spacial score (nSPS) is 17.8. The zero-order chi connectivity index (χ0) is 14.5. The Balaban J connectivity index is 2.21. The van der Waals surface area contributed by atoms with Gasteiger partial charge in [-0.1, -0.05) is 18.2 Å². The molecule has 2 N–H and O–H groups in total. The van der Waals surface area contributed by atoms with Crippen molar-refractivity contribution in [1.82, 2.24) is 4.90 Å². The molecule has 0 aliphatic carbocycles. The second-order valence-electron chi connectivity index (χ2n) is 5.25. The number of aryl methyl sites for hydroxylation is 1. The summed E-state index contributed by atoms with van der Waals surface area (Å²) < 4.78 is 0. The fraction of sp³-hybridized carbons (Fsp3) is 0.562. The highest BCUT2D eigenvalue weighted by atomic mass is 16.2. The molecule has 2 rings (SSSR count). The number of benzene rings is 1. The summed E-state index contributed by atoms with van der Waals surface area (Å²) in [5.74, 6) is 0.185. The number of rotatable bonds is 5. The Morgan fingerprint density at radius 2 is 2.05 bits per heavy atom. The summed E-state index contributed by atoms with van der Waals surface area (Å²) in [7, 11) is 0. The molecular weight excluding hydrogens is 250 g/mol. The molecule has 0 bridgehead atoms. The first-order valence-corrected chi connectivity index (χ1v) is 7.53. The van der Waals surface area contributed by atoms with Gasteiger partial charge in [-0.2, -0.15) is 0 Å². The van der Waals surface area contributed by atoms with E-state index >= 15 is 0 Å². The molecule has 0 saturated heterocycles. The minimum atomic E-state index is 0.185. The molecule has 110 valence electrons. The third-order valence-corrected chi connectivity index (χ3v) is 4.18. The van der Waals surface area contributed by atoms with Crippen molar-refractivity contribution in [2.45, 2.75) is 32.7 Å². The number of hydrogen-bond acceptors (Lipinski definition) is 3. The van der Waals surface area contributed by atoms with Crippen LogP contribution in [0, 0.1) is 0 Å². The van der Waals surface area contributed by atoms with Gasteiger partial charge in [-0.3, -0.25) is 4.79 Å². The maximum Gasteiger partial charge on any atom is 0.242 e. The van der Waals surface area contributed by atoms with Gasteiger partial charge < -0.3 is 15.5 Å². The number of carbonyl (C=O) groups excluding carboxylic acids is 1. The zero-order valence-corrected chi connectivity index (χ0v) is 12.5. The quantitative estimate of drug-likeness (QED) is 0.888. The van der Waals surface area contributed by atoms with Crippen molar-refractivity contribution >= 4 is 11.6 Å². The van der Waals surface area contributed by atoms with E-state index in [9.17, 15) is 4.79 Å². The number of nitrogens with zero attached hydrogens (tertiary/aromatic N) is 2. The van der Waals surface area contributed by atoms with Gasteiger partial charge in [0.1, 0.15) is 0 Å². The summed E-state index contributed by atoms with van der Waals surface area (Å²) in [5, 5.41) is 0. The van der Waals surface area contributed by atoms with Crippen LogP contribution in [0.3, 0.4) is 0 Å². The van der Waals surface area contributed by atoms with Crippen LogP contribution in [0.5, 0.6) is 0 Å². The molecule has 0 spiro atoms. The average molecular weight is 275 g/mol. The minimum absolute atomic E-state index is 0.185. The van der Waals surface area contributed by atoms with E-state index in [1.165, 1.54) is 11.3 Å². The smallest absolute Gasteiger partial charge is 0.242 e. The molecule has 4 nitrogen and oxygen atoms in total. The van der Waals surface area contributed by atoms with E-state index < -0.39 is 0 Å². The van der Waals surface area contributed by atoms with Crippen LogP contribution in [0.2, 0.25) is 0 Å². The lowest BCUT2D eigenvalue weighted by atomic mass is 9.95. The molecule has 20 heavy (non-hydrogen) atoms. The van der Waals surface area contributed by atoms with E-state index in [-0.39, 0.29) is 11.9 Å². The monoisotopic (exact) mass is 275 g/mol. The Bertz CT molecular complexity index is 457. The van der Waals surface area contributed by atoms with Gasteiger partial charge in [-0.05, 0) is 38.3 Å². The highest BCUT2D eigenvalue weighted by Gasteiger charge is 2.27. The molecule has 0 saturated carbocycles. The zero-order valence-electron chi connectivity index (χ0n) is 12.5. The van der Waals surface area contributed by atoms with Crippen LogP contribution >= 0.6 is 0 Å². The first kappa shape index (κ1) is 14.9. The lowest BCUT2D eigenvalue weighted by molar-refractivity contribution is -0.129. The number of para-hydroxylation sites is 1. The van der Waals surface area contributed by atoms with E-state index in [0.29, 0.717) is 13.1 Å². The number of hydrogen-bond donors (Lipinski definition) is 1. The van der Waals surface area contributed by atoms with Gasteiger partial charge in [0.25, 0.3) is 0 Å².